The summed E-state index contributed by atoms with van der Waals surface area (Å²) in [6.07, 6.45) is 0.722. The molecule has 1 saturated heterocycles. The number of nitrogens with zero attached hydrogens (tertiary/aromatic N) is 1. The molecule has 166 valence electrons. The van der Waals surface area contributed by atoms with Crippen LogP contribution >= 0.6 is 11.6 Å². The fourth-order valence-electron chi connectivity index (χ4n) is 4.65. The molecular formula is C24H23ClFN2O4+. The SMILES string of the molecule is O=C1c2oc3ccc(Cl)cc3c(=O)c2C(c2ccccc2F)N1CCC[NH+]1CCOCC1. The predicted octanol–water partition coefficient (Wildman–Crippen LogP) is 2.44. The molecule has 0 bridgehead atoms. The molecule has 0 spiro atoms. The number of carbonyl (C=O) groups is 1. The third-order valence-corrected chi connectivity index (χ3v) is 6.49. The van der Waals surface area contributed by atoms with Gasteiger partial charge < -0.3 is 19.0 Å². The molecule has 1 N–H and O–H groups in total. The van der Waals surface area contributed by atoms with E-state index in [-0.39, 0.29) is 33.6 Å². The largest absolute Gasteiger partial charge is 0.450 e. The van der Waals surface area contributed by atoms with E-state index in [0.29, 0.717) is 17.2 Å². The minimum Gasteiger partial charge on any atom is -0.450 e. The summed E-state index contributed by atoms with van der Waals surface area (Å²) in [5.74, 6) is -0.872. The zero-order valence-corrected chi connectivity index (χ0v) is 18.2. The van der Waals surface area contributed by atoms with E-state index in [4.69, 9.17) is 20.8 Å². The molecule has 3 aromatic rings. The Bertz CT molecular complexity index is 1240. The van der Waals surface area contributed by atoms with E-state index in [0.717, 1.165) is 39.3 Å². The van der Waals surface area contributed by atoms with E-state index < -0.39 is 11.9 Å². The number of quaternary nitrogens is 1. The molecule has 32 heavy (non-hydrogen) atoms. The van der Waals surface area contributed by atoms with Crippen molar-refractivity contribution < 1.29 is 23.2 Å². The second-order valence-corrected chi connectivity index (χ2v) is 8.64. The van der Waals surface area contributed by atoms with Gasteiger partial charge in [0.25, 0.3) is 5.91 Å². The van der Waals surface area contributed by atoms with Gasteiger partial charge in [0.15, 0.2) is 5.43 Å². The van der Waals surface area contributed by atoms with Crippen molar-refractivity contribution in [3.8, 4) is 0 Å². The number of nitrogens with one attached hydrogen (secondary N) is 1. The van der Waals surface area contributed by atoms with Crippen LogP contribution < -0.4 is 10.3 Å². The molecule has 1 unspecified atom stereocenters. The van der Waals surface area contributed by atoms with E-state index in [1.165, 1.54) is 17.0 Å². The molecule has 3 heterocycles. The number of benzene rings is 2. The normalized spacial score (nSPS) is 19.0. The van der Waals surface area contributed by atoms with E-state index in [9.17, 15) is 14.0 Å². The lowest BCUT2D eigenvalue weighted by Gasteiger charge is -2.27. The Morgan fingerprint density at radius 3 is 2.69 bits per heavy atom. The summed E-state index contributed by atoms with van der Waals surface area (Å²) >= 11 is 6.09. The van der Waals surface area contributed by atoms with Gasteiger partial charge >= 0.3 is 0 Å². The summed E-state index contributed by atoms with van der Waals surface area (Å²) in [6.45, 7) is 4.58. The van der Waals surface area contributed by atoms with Gasteiger partial charge in [0, 0.05) is 23.6 Å². The van der Waals surface area contributed by atoms with Crippen molar-refractivity contribution in [3.63, 3.8) is 0 Å². The van der Waals surface area contributed by atoms with Crippen LogP contribution in [0, 0.1) is 5.82 Å². The molecule has 0 aliphatic carbocycles. The third-order valence-electron chi connectivity index (χ3n) is 6.26. The van der Waals surface area contributed by atoms with Crippen molar-refractivity contribution in [2.45, 2.75) is 12.5 Å². The monoisotopic (exact) mass is 457 g/mol. The van der Waals surface area contributed by atoms with Crippen LogP contribution in [-0.2, 0) is 4.74 Å². The van der Waals surface area contributed by atoms with Gasteiger partial charge in [0.2, 0.25) is 5.76 Å². The maximum absolute atomic E-state index is 14.8. The van der Waals surface area contributed by atoms with Gasteiger partial charge in [-0.05, 0) is 24.3 Å². The lowest BCUT2D eigenvalue weighted by atomic mass is 9.98. The van der Waals surface area contributed by atoms with Crippen molar-refractivity contribution >= 4 is 28.5 Å². The quantitative estimate of drug-likeness (QED) is 0.639. The first-order valence-corrected chi connectivity index (χ1v) is 11.2. The van der Waals surface area contributed by atoms with Crippen molar-refractivity contribution in [1.82, 2.24) is 4.90 Å². The van der Waals surface area contributed by atoms with E-state index >= 15 is 0 Å². The average Bonchev–Trinajstić information content (AvgIpc) is 3.07. The first-order chi connectivity index (χ1) is 15.5. The Hall–Kier alpha value is -2.74. The molecule has 1 aromatic heterocycles. The number of amides is 1. The molecule has 0 radical (unpaired) electrons. The smallest absolute Gasteiger partial charge is 0.290 e. The fraction of sp³-hybridized carbons (Fsp3) is 0.333. The average molecular weight is 458 g/mol. The van der Waals surface area contributed by atoms with Gasteiger partial charge in [-0.2, -0.15) is 0 Å². The topological polar surface area (TPSA) is 64.2 Å². The molecule has 8 heteroatoms. The number of rotatable bonds is 5. The van der Waals surface area contributed by atoms with Crippen LogP contribution in [0.3, 0.4) is 0 Å². The van der Waals surface area contributed by atoms with Gasteiger partial charge in [-0.3, -0.25) is 9.59 Å². The molecule has 0 saturated carbocycles. The summed E-state index contributed by atoms with van der Waals surface area (Å²) in [4.78, 5) is 29.8. The number of ether oxygens (including phenoxy) is 1. The number of carbonyl (C=O) groups excluding carboxylic acids is 1. The Morgan fingerprint density at radius 2 is 1.91 bits per heavy atom. The number of hydrogen-bond donors (Lipinski definition) is 1. The third kappa shape index (κ3) is 3.70. The maximum atomic E-state index is 14.8. The first-order valence-electron chi connectivity index (χ1n) is 10.8. The van der Waals surface area contributed by atoms with Crippen LogP contribution in [0.4, 0.5) is 4.39 Å². The van der Waals surface area contributed by atoms with Crippen LogP contribution in [-0.4, -0.2) is 50.2 Å². The highest BCUT2D eigenvalue weighted by Crippen LogP contribution is 2.39. The van der Waals surface area contributed by atoms with Crippen LogP contribution in [0.15, 0.2) is 51.7 Å². The lowest BCUT2D eigenvalue weighted by Crippen LogP contribution is -3.14. The molecule has 2 aliphatic rings. The van der Waals surface area contributed by atoms with Crippen molar-refractivity contribution in [3.05, 3.63) is 80.4 Å². The van der Waals surface area contributed by atoms with Crippen molar-refractivity contribution in [1.29, 1.82) is 0 Å². The van der Waals surface area contributed by atoms with E-state index in [2.05, 4.69) is 0 Å². The summed E-state index contributed by atoms with van der Waals surface area (Å²) in [6, 6.07) is 10.1. The fourth-order valence-corrected chi connectivity index (χ4v) is 4.82. The van der Waals surface area contributed by atoms with Gasteiger partial charge in [-0.15, -0.1) is 0 Å². The standard InChI is InChI=1S/C24H22ClFN2O4/c25-15-6-7-19-17(14-15)22(29)20-21(16-4-1-2-5-18(16)26)28(24(30)23(20)32-19)9-3-8-27-10-12-31-13-11-27/h1-2,4-7,14,21H,3,8-13H2/p+1. The van der Waals surface area contributed by atoms with Gasteiger partial charge in [0.05, 0.1) is 36.8 Å². The zero-order chi connectivity index (χ0) is 22.2. The molecular weight excluding hydrogens is 435 g/mol. The lowest BCUT2D eigenvalue weighted by molar-refractivity contribution is -0.908. The van der Waals surface area contributed by atoms with Gasteiger partial charge in [-0.25, -0.2) is 4.39 Å². The molecule has 1 atom stereocenters. The van der Waals surface area contributed by atoms with Gasteiger partial charge in [0.1, 0.15) is 24.5 Å². The highest BCUT2D eigenvalue weighted by molar-refractivity contribution is 6.31. The molecule has 2 aromatic carbocycles. The molecule has 6 nitrogen and oxygen atoms in total. The highest BCUT2D eigenvalue weighted by Gasteiger charge is 2.43. The van der Waals surface area contributed by atoms with Crippen molar-refractivity contribution in [2.24, 2.45) is 0 Å². The van der Waals surface area contributed by atoms with E-state index in [1.54, 1.807) is 35.2 Å². The Balaban J connectivity index is 1.55. The number of morpholine rings is 1. The zero-order valence-electron chi connectivity index (χ0n) is 17.4. The van der Waals surface area contributed by atoms with Gasteiger partial charge in [-0.1, -0.05) is 29.8 Å². The molecule has 2 aliphatic heterocycles. The van der Waals surface area contributed by atoms with Crippen molar-refractivity contribution in [2.75, 3.05) is 39.4 Å². The predicted molar refractivity (Wildman–Crippen MR) is 118 cm³/mol. The van der Waals surface area contributed by atoms with Crippen LogP contribution in [0.1, 0.15) is 34.1 Å². The van der Waals surface area contributed by atoms with Crippen LogP contribution in [0.2, 0.25) is 5.02 Å². The van der Waals surface area contributed by atoms with E-state index in [1.807, 2.05) is 0 Å². The Labute approximate surface area is 189 Å². The first kappa shape index (κ1) is 21.1. The number of halogens is 2. The minimum atomic E-state index is -0.835. The summed E-state index contributed by atoms with van der Waals surface area (Å²) in [5, 5.41) is 0.673. The second-order valence-electron chi connectivity index (χ2n) is 8.20. The van der Waals surface area contributed by atoms with Crippen LogP contribution in [0.5, 0.6) is 0 Å². The van der Waals surface area contributed by atoms with Crippen LogP contribution in [0.25, 0.3) is 11.0 Å². The summed E-state index contributed by atoms with van der Waals surface area (Å²) in [7, 11) is 0. The maximum Gasteiger partial charge on any atom is 0.290 e. The molecule has 1 amide bonds. The Morgan fingerprint density at radius 1 is 1.12 bits per heavy atom. The second kappa shape index (κ2) is 8.65. The number of fused-ring (bicyclic) bond motifs is 2. The molecule has 1 fully saturated rings. The summed E-state index contributed by atoms with van der Waals surface area (Å²) in [5.41, 5.74) is 0.394. The highest BCUT2D eigenvalue weighted by atomic mass is 35.5. The number of hydrogen-bond acceptors (Lipinski definition) is 4. The Kier molecular flexibility index (Phi) is 5.71. The summed E-state index contributed by atoms with van der Waals surface area (Å²) < 4.78 is 26.1. The minimum absolute atomic E-state index is 0.0169. The molecule has 5 rings (SSSR count).